The number of carbonyl (C=O) groups excluding carboxylic acids is 1. The Morgan fingerprint density at radius 3 is 2.60 bits per heavy atom. The molecule has 1 aromatic carbocycles. The Morgan fingerprint density at radius 1 is 1.50 bits per heavy atom. The van der Waals surface area contributed by atoms with E-state index in [0.717, 1.165) is 6.07 Å². The molecule has 0 spiro atoms. The zero-order valence-electron chi connectivity index (χ0n) is 10.2. The van der Waals surface area contributed by atoms with E-state index in [2.05, 4.69) is 10.5 Å². The van der Waals surface area contributed by atoms with Crippen molar-refractivity contribution in [2.24, 2.45) is 16.8 Å². The Bertz CT molecular complexity index is 546. The van der Waals surface area contributed by atoms with Crippen molar-refractivity contribution in [2.75, 3.05) is 5.32 Å². The molecular formula is C11H11ClF3N3O2. The molecule has 0 aliphatic heterocycles. The van der Waals surface area contributed by atoms with Gasteiger partial charge in [-0.15, -0.1) is 0 Å². The molecule has 4 N–H and O–H groups in total. The summed E-state index contributed by atoms with van der Waals surface area (Å²) in [4.78, 5) is 11.7. The molecule has 0 heterocycles. The van der Waals surface area contributed by atoms with Crippen LogP contribution < -0.4 is 11.1 Å². The lowest BCUT2D eigenvalue weighted by Crippen LogP contribution is -2.33. The van der Waals surface area contributed by atoms with E-state index in [-0.39, 0.29) is 5.02 Å². The minimum absolute atomic E-state index is 0.111. The fraction of sp³-hybridized carbons (Fsp3) is 0.273. The molecule has 0 saturated heterocycles. The van der Waals surface area contributed by atoms with Crippen LogP contribution in [0.1, 0.15) is 12.5 Å². The first kappa shape index (κ1) is 16.1. The summed E-state index contributed by atoms with van der Waals surface area (Å²) >= 11 is 5.51. The highest BCUT2D eigenvalue weighted by Gasteiger charge is 2.34. The number of hydrogen-bond acceptors (Lipinski definition) is 3. The quantitative estimate of drug-likeness (QED) is 0.347. The number of halogens is 4. The van der Waals surface area contributed by atoms with E-state index < -0.39 is 35.1 Å². The number of nitrogens with two attached hydrogens (primary N) is 1. The smallest absolute Gasteiger partial charge is 0.409 e. The van der Waals surface area contributed by atoms with Gasteiger partial charge in [-0.3, -0.25) is 4.79 Å². The molecule has 0 bridgehead atoms. The number of amides is 1. The van der Waals surface area contributed by atoms with Gasteiger partial charge in [0.25, 0.3) is 0 Å². The molecule has 20 heavy (non-hydrogen) atoms. The summed E-state index contributed by atoms with van der Waals surface area (Å²) in [6.07, 6.45) is -4.67. The molecule has 0 aliphatic rings. The van der Waals surface area contributed by atoms with Crippen molar-refractivity contribution in [2.45, 2.75) is 13.1 Å². The van der Waals surface area contributed by atoms with Crippen molar-refractivity contribution in [3.8, 4) is 0 Å². The predicted molar refractivity (Wildman–Crippen MR) is 67.7 cm³/mol. The highest BCUT2D eigenvalue weighted by molar-refractivity contribution is 6.30. The molecule has 1 aromatic rings. The first-order valence-corrected chi connectivity index (χ1v) is 5.69. The molecule has 5 nitrogen and oxygen atoms in total. The van der Waals surface area contributed by atoms with Crippen molar-refractivity contribution < 1.29 is 23.2 Å². The van der Waals surface area contributed by atoms with Gasteiger partial charge in [-0.25, -0.2) is 0 Å². The van der Waals surface area contributed by atoms with E-state index in [1.807, 2.05) is 0 Å². The van der Waals surface area contributed by atoms with Crippen LogP contribution >= 0.6 is 11.6 Å². The summed E-state index contributed by atoms with van der Waals surface area (Å²) in [7, 11) is 0. The fourth-order valence-corrected chi connectivity index (χ4v) is 1.49. The molecule has 0 aliphatic carbocycles. The zero-order chi connectivity index (χ0) is 15.5. The second kappa shape index (κ2) is 6.00. The third-order valence-electron chi connectivity index (χ3n) is 2.50. The molecule has 1 amide bonds. The lowest BCUT2D eigenvalue weighted by Gasteiger charge is -2.16. The van der Waals surface area contributed by atoms with Crippen LogP contribution in [-0.4, -0.2) is 17.0 Å². The van der Waals surface area contributed by atoms with E-state index in [9.17, 15) is 18.0 Å². The van der Waals surface area contributed by atoms with Gasteiger partial charge in [0.05, 0.1) is 17.2 Å². The standard InChI is InChI=1S/C11H11ClF3N3O2/c1-5(9(16)18-20)10(19)17-8-3-2-6(12)4-7(8)11(13,14)15/h2-5,20H,1H3,(H2,16,18)(H,17,19). The fourth-order valence-electron chi connectivity index (χ4n) is 1.32. The number of amidine groups is 1. The molecule has 1 atom stereocenters. The van der Waals surface area contributed by atoms with Crippen molar-refractivity contribution in [3.63, 3.8) is 0 Å². The third-order valence-corrected chi connectivity index (χ3v) is 2.73. The van der Waals surface area contributed by atoms with Gasteiger partial charge in [0.2, 0.25) is 5.91 Å². The maximum absolute atomic E-state index is 12.8. The number of nitrogens with zero attached hydrogens (tertiary/aromatic N) is 1. The normalized spacial score (nSPS) is 13.9. The van der Waals surface area contributed by atoms with Gasteiger partial charge >= 0.3 is 6.18 Å². The second-order valence-corrected chi connectivity index (χ2v) is 4.36. The maximum atomic E-state index is 12.8. The summed E-state index contributed by atoms with van der Waals surface area (Å²) in [5.41, 5.74) is 3.68. The summed E-state index contributed by atoms with van der Waals surface area (Å²) in [6, 6.07) is 2.94. The molecular weight excluding hydrogens is 299 g/mol. The molecule has 1 rings (SSSR count). The number of benzene rings is 1. The van der Waals surface area contributed by atoms with Crippen LogP contribution in [0.3, 0.4) is 0 Å². The summed E-state index contributed by atoms with van der Waals surface area (Å²) in [6.45, 7) is 1.29. The average Bonchev–Trinajstić information content (AvgIpc) is 2.37. The van der Waals surface area contributed by atoms with Gasteiger partial charge in [0.15, 0.2) is 5.84 Å². The Hall–Kier alpha value is -1.96. The van der Waals surface area contributed by atoms with E-state index in [4.69, 9.17) is 22.5 Å². The molecule has 0 fully saturated rings. The summed E-state index contributed by atoms with van der Waals surface area (Å²) in [5, 5.41) is 13.0. The Balaban J connectivity index is 3.07. The number of oxime groups is 1. The number of rotatable bonds is 3. The maximum Gasteiger partial charge on any atom is 0.418 e. The molecule has 0 aromatic heterocycles. The van der Waals surface area contributed by atoms with Gasteiger partial charge in [0.1, 0.15) is 0 Å². The van der Waals surface area contributed by atoms with E-state index >= 15 is 0 Å². The van der Waals surface area contributed by atoms with Crippen molar-refractivity contribution in [1.82, 2.24) is 0 Å². The summed E-state index contributed by atoms with van der Waals surface area (Å²) < 4.78 is 38.4. The second-order valence-electron chi connectivity index (χ2n) is 3.92. The minimum Gasteiger partial charge on any atom is -0.409 e. The van der Waals surface area contributed by atoms with E-state index in [1.54, 1.807) is 0 Å². The topological polar surface area (TPSA) is 87.7 Å². The highest BCUT2D eigenvalue weighted by atomic mass is 35.5. The van der Waals surface area contributed by atoms with Crippen LogP contribution in [0.4, 0.5) is 18.9 Å². The molecule has 1 unspecified atom stereocenters. The van der Waals surface area contributed by atoms with Crippen LogP contribution in [0.25, 0.3) is 0 Å². The Kier molecular flexibility index (Phi) is 4.83. The van der Waals surface area contributed by atoms with Crippen molar-refractivity contribution in [3.05, 3.63) is 28.8 Å². The van der Waals surface area contributed by atoms with Crippen molar-refractivity contribution >= 4 is 29.0 Å². The number of carbonyl (C=O) groups is 1. The van der Waals surface area contributed by atoms with Gasteiger partial charge in [-0.05, 0) is 25.1 Å². The average molecular weight is 310 g/mol. The largest absolute Gasteiger partial charge is 0.418 e. The third kappa shape index (κ3) is 3.77. The molecule has 0 radical (unpaired) electrons. The number of alkyl halides is 3. The SMILES string of the molecule is CC(C(=O)Nc1ccc(Cl)cc1C(F)(F)F)C(N)=NO. The zero-order valence-corrected chi connectivity index (χ0v) is 11.0. The first-order valence-electron chi connectivity index (χ1n) is 5.32. The molecule has 9 heteroatoms. The Morgan fingerprint density at radius 2 is 2.10 bits per heavy atom. The monoisotopic (exact) mass is 309 g/mol. The summed E-state index contributed by atoms with van der Waals surface area (Å²) in [5.74, 6) is -2.34. The van der Waals surface area contributed by atoms with E-state index in [0.29, 0.717) is 6.07 Å². The van der Waals surface area contributed by atoms with Crippen LogP contribution in [0.2, 0.25) is 5.02 Å². The van der Waals surface area contributed by atoms with Gasteiger partial charge in [0, 0.05) is 5.02 Å². The molecule has 110 valence electrons. The van der Waals surface area contributed by atoms with Gasteiger partial charge < -0.3 is 16.3 Å². The number of nitrogens with one attached hydrogen (secondary N) is 1. The van der Waals surface area contributed by atoms with Crippen LogP contribution in [0, 0.1) is 5.92 Å². The van der Waals surface area contributed by atoms with E-state index in [1.165, 1.54) is 13.0 Å². The minimum atomic E-state index is -4.67. The van der Waals surface area contributed by atoms with Crippen molar-refractivity contribution in [1.29, 1.82) is 0 Å². The highest BCUT2D eigenvalue weighted by Crippen LogP contribution is 2.36. The predicted octanol–water partition coefficient (Wildman–Crippen LogP) is 2.68. The van der Waals surface area contributed by atoms with Crippen LogP contribution in [-0.2, 0) is 11.0 Å². The number of anilines is 1. The molecule has 0 saturated carbocycles. The van der Waals surface area contributed by atoms with Gasteiger partial charge in [-0.1, -0.05) is 16.8 Å². The Labute approximate surface area is 117 Å². The van der Waals surface area contributed by atoms with Gasteiger partial charge in [-0.2, -0.15) is 13.2 Å². The lowest BCUT2D eigenvalue weighted by molar-refractivity contribution is -0.137. The van der Waals surface area contributed by atoms with Crippen LogP contribution in [0.15, 0.2) is 23.4 Å². The number of hydrogen-bond donors (Lipinski definition) is 3. The first-order chi connectivity index (χ1) is 9.16. The lowest BCUT2D eigenvalue weighted by atomic mass is 10.1. The van der Waals surface area contributed by atoms with Crippen LogP contribution in [0.5, 0.6) is 0 Å².